The first kappa shape index (κ1) is 9.03. The van der Waals surface area contributed by atoms with Gasteiger partial charge in [0.1, 0.15) is 5.41 Å². The van der Waals surface area contributed by atoms with E-state index >= 15 is 0 Å². The van der Waals surface area contributed by atoms with E-state index in [1.165, 1.54) is 4.90 Å². The number of nitrogens with zero attached hydrogens (tertiary/aromatic N) is 1. The standard InChI is InChI=1S/C8H14N2O2/c1-10(2)7(12)8(6(9)11)4-3-5-8/h3-5H2,1-2H3,(H2,9,11). The van der Waals surface area contributed by atoms with Crippen LogP contribution in [-0.2, 0) is 9.59 Å². The van der Waals surface area contributed by atoms with Crippen LogP contribution >= 0.6 is 0 Å². The molecule has 0 bridgehead atoms. The van der Waals surface area contributed by atoms with Crippen LogP contribution in [0.3, 0.4) is 0 Å². The minimum atomic E-state index is -0.872. The molecule has 1 aliphatic carbocycles. The summed E-state index contributed by atoms with van der Waals surface area (Å²) in [5.74, 6) is -0.631. The molecule has 0 aliphatic heterocycles. The third kappa shape index (κ3) is 1.07. The first-order chi connectivity index (χ1) is 5.50. The predicted octanol–water partition coefficient (Wildman–Crippen LogP) is -0.270. The Morgan fingerprint density at radius 3 is 1.92 bits per heavy atom. The molecule has 4 heteroatoms. The molecular weight excluding hydrogens is 156 g/mol. The van der Waals surface area contributed by atoms with Crippen LogP contribution in [-0.4, -0.2) is 30.8 Å². The molecule has 0 aromatic carbocycles. The zero-order chi connectivity index (χ0) is 9.35. The van der Waals surface area contributed by atoms with E-state index in [1.54, 1.807) is 14.1 Å². The maximum atomic E-state index is 11.5. The SMILES string of the molecule is CN(C)C(=O)C1(C(N)=O)CCC1. The van der Waals surface area contributed by atoms with E-state index in [-0.39, 0.29) is 5.91 Å². The normalized spacial score (nSPS) is 19.5. The molecule has 0 spiro atoms. The third-order valence-corrected chi connectivity index (χ3v) is 2.49. The second kappa shape index (κ2) is 2.77. The van der Waals surface area contributed by atoms with Gasteiger partial charge in [-0.1, -0.05) is 6.42 Å². The molecule has 1 fully saturated rings. The Morgan fingerprint density at radius 2 is 1.83 bits per heavy atom. The Hall–Kier alpha value is -1.06. The van der Waals surface area contributed by atoms with Gasteiger partial charge in [-0.25, -0.2) is 0 Å². The fourth-order valence-corrected chi connectivity index (χ4v) is 1.52. The van der Waals surface area contributed by atoms with Crippen molar-refractivity contribution < 1.29 is 9.59 Å². The van der Waals surface area contributed by atoms with Gasteiger partial charge in [-0.3, -0.25) is 9.59 Å². The molecule has 0 heterocycles. The quantitative estimate of drug-likeness (QED) is 0.580. The number of carbonyl (C=O) groups excluding carboxylic acids is 2. The number of amides is 2. The summed E-state index contributed by atoms with van der Waals surface area (Å²) in [6.45, 7) is 0. The van der Waals surface area contributed by atoms with Crippen LogP contribution in [0.5, 0.6) is 0 Å². The number of hydrogen-bond acceptors (Lipinski definition) is 2. The molecule has 12 heavy (non-hydrogen) atoms. The summed E-state index contributed by atoms with van der Waals surface area (Å²) in [6, 6.07) is 0. The molecule has 1 rings (SSSR count). The molecule has 4 nitrogen and oxygen atoms in total. The molecule has 0 unspecified atom stereocenters. The van der Waals surface area contributed by atoms with Gasteiger partial charge in [-0.15, -0.1) is 0 Å². The van der Waals surface area contributed by atoms with Crippen LogP contribution in [0.1, 0.15) is 19.3 Å². The Kier molecular flexibility index (Phi) is 2.08. The first-order valence-corrected chi connectivity index (χ1v) is 4.02. The summed E-state index contributed by atoms with van der Waals surface area (Å²) in [6.07, 6.45) is 2.14. The van der Waals surface area contributed by atoms with E-state index in [9.17, 15) is 9.59 Å². The Labute approximate surface area is 71.7 Å². The Balaban J connectivity index is 2.81. The molecule has 2 N–H and O–H groups in total. The average Bonchev–Trinajstić information content (AvgIpc) is 1.83. The third-order valence-electron chi connectivity index (χ3n) is 2.49. The lowest BCUT2D eigenvalue weighted by atomic mass is 9.67. The highest BCUT2D eigenvalue weighted by atomic mass is 16.2. The minimum Gasteiger partial charge on any atom is -0.369 e. The summed E-state index contributed by atoms with van der Waals surface area (Å²) in [5, 5.41) is 0. The molecule has 68 valence electrons. The maximum Gasteiger partial charge on any atom is 0.237 e. The fraction of sp³-hybridized carbons (Fsp3) is 0.750. The number of rotatable bonds is 2. The van der Waals surface area contributed by atoms with E-state index in [2.05, 4.69) is 0 Å². The van der Waals surface area contributed by atoms with Gasteiger partial charge in [0.2, 0.25) is 11.8 Å². The van der Waals surface area contributed by atoms with Crippen LogP contribution in [0.25, 0.3) is 0 Å². The minimum absolute atomic E-state index is 0.152. The number of primary amides is 1. The lowest BCUT2D eigenvalue weighted by Gasteiger charge is -2.38. The molecule has 0 atom stereocenters. The van der Waals surface area contributed by atoms with E-state index in [0.717, 1.165) is 6.42 Å². The maximum absolute atomic E-state index is 11.5. The van der Waals surface area contributed by atoms with Crippen LogP contribution < -0.4 is 5.73 Å². The number of nitrogens with two attached hydrogens (primary N) is 1. The van der Waals surface area contributed by atoms with Crippen molar-refractivity contribution in [1.29, 1.82) is 0 Å². The van der Waals surface area contributed by atoms with Crippen molar-refractivity contribution >= 4 is 11.8 Å². The second-order valence-corrected chi connectivity index (χ2v) is 3.50. The van der Waals surface area contributed by atoms with Crippen LogP contribution in [0.2, 0.25) is 0 Å². The van der Waals surface area contributed by atoms with Crippen LogP contribution in [0.15, 0.2) is 0 Å². The van der Waals surface area contributed by atoms with Crippen molar-refractivity contribution in [2.24, 2.45) is 11.1 Å². The largest absolute Gasteiger partial charge is 0.369 e. The molecule has 1 aliphatic rings. The van der Waals surface area contributed by atoms with Crippen molar-refractivity contribution in [2.75, 3.05) is 14.1 Å². The lowest BCUT2D eigenvalue weighted by Crippen LogP contribution is -2.53. The Bertz CT molecular complexity index is 219. The summed E-state index contributed by atoms with van der Waals surface area (Å²) in [7, 11) is 3.29. The van der Waals surface area contributed by atoms with Crippen molar-refractivity contribution in [3.63, 3.8) is 0 Å². The molecule has 1 saturated carbocycles. The van der Waals surface area contributed by atoms with Gasteiger partial charge >= 0.3 is 0 Å². The van der Waals surface area contributed by atoms with Crippen molar-refractivity contribution in [3.8, 4) is 0 Å². The Morgan fingerprint density at radius 1 is 1.33 bits per heavy atom. The summed E-state index contributed by atoms with van der Waals surface area (Å²) in [5.41, 5.74) is 4.31. The summed E-state index contributed by atoms with van der Waals surface area (Å²) >= 11 is 0. The van der Waals surface area contributed by atoms with Crippen LogP contribution in [0.4, 0.5) is 0 Å². The van der Waals surface area contributed by atoms with Crippen molar-refractivity contribution in [2.45, 2.75) is 19.3 Å². The highest BCUT2D eigenvalue weighted by Crippen LogP contribution is 2.41. The summed E-state index contributed by atoms with van der Waals surface area (Å²) < 4.78 is 0. The van der Waals surface area contributed by atoms with E-state index < -0.39 is 11.3 Å². The van der Waals surface area contributed by atoms with Crippen LogP contribution in [0, 0.1) is 5.41 Å². The molecule has 0 aromatic heterocycles. The topological polar surface area (TPSA) is 63.4 Å². The molecule has 0 aromatic rings. The molecule has 0 saturated heterocycles. The highest BCUT2D eigenvalue weighted by Gasteiger charge is 2.50. The fourth-order valence-electron chi connectivity index (χ4n) is 1.52. The van der Waals surface area contributed by atoms with E-state index in [1.807, 2.05) is 0 Å². The highest BCUT2D eigenvalue weighted by molar-refractivity contribution is 6.05. The lowest BCUT2D eigenvalue weighted by molar-refractivity contribution is -0.153. The zero-order valence-corrected chi connectivity index (χ0v) is 7.46. The van der Waals surface area contributed by atoms with Crippen molar-refractivity contribution in [3.05, 3.63) is 0 Å². The number of carbonyl (C=O) groups is 2. The van der Waals surface area contributed by atoms with Gasteiger partial charge in [0.15, 0.2) is 0 Å². The van der Waals surface area contributed by atoms with Gasteiger partial charge < -0.3 is 10.6 Å². The van der Waals surface area contributed by atoms with Gasteiger partial charge in [-0.05, 0) is 12.8 Å². The van der Waals surface area contributed by atoms with Gasteiger partial charge in [-0.2, -0.15) is 0 Å². The van der Waals surface area contributed by atoms with E-state index in [0.29, 0.717) is 12.8 Å². The molecule has 0 radical (unpaired) electrons. The molecule has 2 amide bonds. The monoisotopic (exact) mass is 170 g/mol. The molecular formula is C8H14N2O2. The predicted molar refractivity (Wildman–Crippen MR) is 44.2 cm³/mol. The van der Waals surface area contributed by atoms with Gasteiger partial charge in [0.05, 0.1) is 0 Å². The second-order valence-electron chi connectivity index (χ2n) is 3.50. The summed E-state index contributed by atoms with van der Waals surface area (Å²) in [4.78, 5) is 24.0. The zero-order valence-electron chi connectivity index (χ0n) is 7.46. The van der Waals surface area contributed by atoms with Gasteiger partial charge in [0, 0.05) is 14.1 Å². The average molecular weight is 170 g/mol. The van der Waals surface area contributed by atoms with E-state index in [4.69, 9.17) is 5.73 Å². The van der Waals surface area contributed by atoms with Crippen molar-refractivity contribution in [1.82, 2.24) is 4.90 Å². The number of hydrogen-bond donors (Lipinski definition) is 1. The first-order valence-electron chi connectivity index (χ1n) is 4.02. The smallest absolute Gasteiger partial charge is 0.237 e. The van der Waals surface area contributed by atoms with Gasteiger partial charge in [0.25, 0.3) is 0 Å².